The van der Waals surface area contributed by atoms with Gasteiger partial charge in [-0.1, -0.05) is 23.7 Å². The van der Waals surface area contributed by atoms with E-state index in [1.165, 1.54) is 11.3 Å². The third kappa shape index (κ3) is 2.37. The molecule has 0 aliphatic heterocycles. The monoisotopic (exact) mass is 239 g/mol. The van der Waals surface area contributed by atoms with Crippen molar-refractivity contribution in [2.75, 3.05) is 0 Å². The van der Waals surface area contributed by atoms with E-state index < -0.39 is 6.10 Å². The minimum absolute atomic E-state index is 0.660. The number of aliphatic hydroxyl groups excluding tert-OH is 1. The first-order valence-electron chi connectivity index (χ1n) is 4.52. The molecule has 0 saturated carbocycles. The Labute approximate surface area is 97.2 Å². The summed E-state index contributed by atoms with van der Waals surface area (Å²) in [5.41, 5.74) is 1.50. The SMILES string of the molecule is Cc1nc(C(O)c2ccc(Cl)cc2)cs1. The standard InChI is InChI=1S/C11H10ClNOS/c1-7-13-10(6-15-7)11(14)8-2-4-9(12)5-3-8/h2-6,11,14H,1H3. The molecule has 0 saturated heterocycles. The smallest absolute Gasteiger partial charge is 0.122 e. The average Bonchev–Trinajstić information content (AvgIpc) is 2.65. The predicted molar refractivity (Wildman–Crippen MR) is 62.4 cm³/mol. The van der Waals surface area contributed by atoms with Crippen LogP contribution < -0.4 is 0 Å². The van der Waals surface area contributed by atoms with Crippen LogP contribution in [0.1, 0.15) is 22.4 Å². The molecule has 78 valence electrons. The summed E-state index contributed by atoms with van der Waals surface area (Å²) in [6.45, 7) is 1.92. The fourth-order valence-electron chi connectivity index (χ4n) is 1.32. The number of hydrogen-bond acceptors (Lipinski definition) is 3. The van der Waals surface area contributed by atoms with E-state index in [2.05, 4.69) is 4.98 Å². The van der Waals surface area contributed by atoms with E-state index >= 15 is 0 Å². The van der Waals surface area contributed by atoms with Gasteiger partial charge in [-0.15, -0.1) is 11.3 Å². The van der Waals surface area contributed by atoms with Crippen molar-refractivity contribution >= 4 is 22.9 Å². The molecule has 2 nitrogen and oxygen atoms in total. The largest absolute Gasteiger partial charge is 0.382 e. The van der Waals surface area contributed by atoms with Gasteiger partial charge in [-0.2, -0.15) is 0 Å². The number of rotatable bonds is 2. The van der Waals surface area contributed by atoms with Gasteiger partial charge in [-0.05, 0) is 24.6 Å². The molecule has 1 unspecified atom stereocenters. The van der Waals surface area contributed by atoms with Gasteiger partial charge in [-0.25, -0.2) is 4.98 Å². The number of aryl methyl sites for hydroxylation is 1. The summed E-state index contributed by atoms with van der Waals surface area (Å²) >= 11 is 7.30. The minimum Gasteiger partial charge on any atom is -0.382 e. The molecule has 15 heavy (non-hydrogen) atoms. The molecule has 4 heteroatoms. The lowest BCUT2D eigenvalue weighted by Crippen LogP contribution is -1.99. The second kappa shape index (κ2) is 4.31. The third-order valence-corrected chi connectivity index (χ3v) is 3.15. The molecule has 0 aliphatic carbocycles. The maximum absolute atomic E-state index is 10.00. The van der Waals surface area contributed by atoms with Crippen molar-refractivity contribution in [3.8, 4) is 0 Å². The summed E-state index contributed by atoms with van der Waals surface area (Å²) < 4.78 is 0. The zero-order valence-electron chi connectivity index (χ0n) is 8.14. The lowest BCUT2D eigenvalue weighted by atomic mass is 10.1. The summed E-state index contributed by atoms with van der Waals surface area (Å²) in [5, 5.41) is 13.5. The number of halogens is 1. The average molecular weight is 240 g/mol. The van der Waals surface area contributed by atoms with Crippen molar-refractivity contribution in [3.05, 3.63) is 50.9 Å². The molecule has 0 amide bonds. The fraction of sp³-hybridized carbons (Fsp3) is 0.182. The molecule has 2 aromatic rings. The van der Waals surface area contributed by atoms with Gasteiger partial charge in [0.1, 0.15) is 6.10 Å². The number of aliphatic hydroxyl groups is 1. The molecule has 1 atom stereocenters. The molecule has 0 bridgehead atoms. The van der Waals surface area contributed by atoms with Crippen LogP contribution >= 0.6 is 22.9 Å². The van der Waals surface area contributed by atoms with Crippen LogP contribution in [0.15, 0.2) is 29.6 Å². The van der Waals surface area contributed by atoms with E-state index in [1.54, 1.807) is 12.1 Å². The molecule has 0 radical (unpaired) electrons. The van der Waals surface area contributed by atoms with E-state index in [0.29, 0.717) is 10.7 Å². The van der Waals surface area contributed by atoms with Crippen LogP contribution in [0, 0.1) is 6.92 Å². The van der Waals surface area contributed by atoms with Crippen molar-refractivity contribution in [1.29, 1.82) is 0 Å². The Hall–Kier alpha value is -0.900. The molecule has 0 aliphatic rings. The van der Waals surface area contributed by atoms with Gasteiger partial charge in [0.2, 0.25) is 0 Å². The van der Waals surface area contributed by atoms with Crippen LogP contribution in [0.2, 0.25) is 5.02 Å². The van der Waals surface area contributed by atoms with E-state index in [9.17, 15) is 5.11 Å². The molecule has 0 spiro atoms. The number of hydrogen-bond donors (Lipinski definition) is 1. The minimum atomic E-state index is -0.660. The Morgan fingerprint density at radius 3 is 2.53 bits per heavy atom. The Balaban J connectivity index is 2.28. The second-order valence-corrected chi connectivity index (χ2v) is 4.74. The van der Waals surface area contributed by atoms with Crippen LogP contribution in [0.25, 0.3) is 0 Å². The fourth-order valence-corrected chi connectivity index (χ4v) is 2.08. The molecule has 0 fully saturated rings. The van der Waals surface area contributed by atoms with Crippen molar-refractivity contribution < 1.29 is 5.11 Å². The van der Waals surface area contributed by atoms with Gasteiger partial charge < -0.3 is 5.11 Å². The van der Waals surface area contributed by atoms with Gasteiger partial charge in [0.15, 0.2) is 0 Å². The maximum atomic E-state index is 10.00. The predicted octanol–water partition coefficient (Wildman–Crippen LogP) is 3.19. The van der Waals surface area contributed by atoms with Crippen LogP contribution in [-0.4, -0.2) is 10.1 Å². The molecule has 1 aromatic carbocycles. The Bertz CT molecular complexity index is 452. The lowest BCUT2D eigenvalue weighted by Gasteiger charge is -2.07. The highest BCUT2D eigenvalue weighted by atomic mass is 35.5. The first kappa shape index (κ1) is 10.6. The molecule has 1 aromatic heterocycles. The summed E-state index contributed by atoms with van der Waals surface area (Å²) in [5.74, 6) is 0. The quantitative estimate of drug-likeness (QED) is 0.873. The van der Waals surface area contributed by atoms with Crippen molar-refractivity contribution in [2.45, 2.75) is 13.0 Å². The summed E-state index contributed by atoms with van der Waals surface area (Å²) in [6.07, 6.45) is -0.660. The third-order valence-electron chi connectivity index (χ3n) is 2.10. The number of benzene rings is 1. The van der Waals surface area contributed by atoms with Crippen LogP contribution in [0.3, 0.4) is 0 Å². The number of aromatic nitrogens is 1. The van der Waals surface area contributed by atoms with Gasteiger partial charge in [-0.3, -0.25) is 0 Å². The summed E-state index contributed by atoms with van der Waals surface area (Å²) in [4.78, 5) is 4.24. The second-order valence-electron chi connectivity index (χ2n) is 3.25. The zero-order valence-corrected chi connectivity index (χ0v) is 9.72. The van der Waals surface area contributed by atoms with E-state index in [4.69, 9.17) is 11.6 Å². The zero-order chi connectivity index (χ0) is 10.8. The highest BCUT2D eigenvalue weighted by Gasteiger charge is 2.12. The number of nitrogens with zero attached hydrogens (tertiary/aromatic N) is 1. The Kier molecular flexibility index (Phi) is 3.05. The number of thiazole rings is 1. The maximum Gasteiger partial charge on any atom is 0.122 e. The van der Waals surface area contributed by atoms with Crippen LogP contribution in [0.5, 0.6) is 0 Å². The highest BCUT2D eigenvalue weighted by molar-refractivity contribution is 7.09. The highest BCUT2D eigenvalue weighted by Crippen LogP contribution is 2.24. The molecular weight excluding hydrogens is 230 g/mol. The first-order chi connectivity index (χ1) is 7.16. The Morgan fingerprint density at radius 2 is 2.00 bits per heavy atom. The lowest BCUT2D eigenvalue weighted by molar-refractivity contribution is 0.216. The van der Waals surface area contributed by atoms with Crippen LogP contribution in [-0.2, 0) is 0 Å². The van der Waals surface area contributed by atoms with Gasteiger partial charge in [0, 0.05) is 10.4 Å². The first-order valence-corrected chi connectivity index (χ1v) is 5.78. The van der Waals surface area contributed by atoms with Crippen molar-refractivity contribution in [3.63, 3.8) is 0 Å². The van der Waals surface area contributed by atoms with Gasteiger partial charge in [0.05, 0.1) is 10.7 Å². The van der Waals surface area contributed by atoms with Gasteiger partial charge in [0.25, 0.3) is 0 Å². The molecule has 2 rings (SSSR count). The summed E-state index contributed by atoms with van der Waals surface area (Å²) in [6, 6.07) is 7.14. The van der Waals surface area contributed by atoms with Crippen molar-refractivity contribution in [1.82, 2.24) is 4.98 Å². The summed E-state index contributed by atoms with van der Waals surface area (Å²) in [7, 11) is 0. The van der Waals surface area contributed by atoms with E-state index in [0.717, 1.165) is 10.6 Å². The molecule has 1 N–H and O–H groups in total. The van der Waals surface area contributed by atoms with Crippen molar-refractivity contribution in [2.24, 2.45) is 0 Å². The molecular formula is C11H10ClNOS. The normalized spacial score (nSPS) is 12.7. The van der Waals surface area contributed by atoms with E-state index in [1.807, 2.05) is 24.4 Å². The topological polar surface area (TPSA) is 33.1 Å². The molecule has 1 heterocycles. The Morgan fingerprint density at radius 1 is 1.33 bits per heavy atom. The van der Waals surface area contributed by atoms with Gasteiger partial charge >= 0.3 is 0 Å². The van der Waals surface area contributed by atoms with Crippen LogP contribution in [0.4, 0.5) is 0 Å². The van der Waals surface area contributed by atoms with E-state index in [-0.39, 0.29) is 0 Å².